The Hall–Kier alpha value is -2.73. The Morgan fingerprint density at radius 2 is 1.96 bits per heavy atom. The maximum absolute atomic E-state index is 13.0. The smallest absolute Gasteiger partial charge is 0.228 e. The summed E-state index contributed by atoms with van der Waals surface area (Å²) in [4.78, 5) is 18.8. The molecule has 146 valence electrons. The molecule has 1 heterocycles. The van der Waals surface area contributed by atoms with E-state index in [0.29, 0.717) is 29.7 Å². The van der Waals surface area contributed by atoms with E-state index in [1.54, 1.807) is 29.2 Å². The Balaban J connectivity index is 1.63. The topological polar surface area (TPSA) is 59.2 Å². The first-order chi connectivity index (χ1) is 13.4. The predicted octanol–water partition coefficient (Wildman–Crippen LogP) is 4.55. The van der Waals surface area contributed by atoms with Gasteiger partial charge < -0.3 is 9.42 Å². The van der Waals surface area contributed by atoms with Crippen LogP contribution in [0.15, 0.2) is 53.1 Å². The molecule has 0 radical (unpaired) electrons. The first kappa shape index (κ1) is 20.0. The zero-order valence-electron chi connectivity index (χ0n) is 15.7. The van der Waals surface area contributed by atoms with Gasteiger partial charge >= 0.3 is 0 Å². The Bertz CT molecular complexity index is 941. The molecule has 0 atom stereocenters. The molecule has 0 bridgehead atoms. The third kappa shape index (κ3) is 5.16. The van der Waals surface area contributed by atoms with E-state index in [0.717, 1.165) is 11.1 Å². The van der Waals surface area contributed by atoms with Crippen LogP contribution < -0.4 is 0 Å². The van der Waals surface area contributed by atoms with Gasteiger partial charge in [0.2, 0.25) is 17.6 Å². The zero-order valence-corrected chi connectivity index (χ0v) is 16.5. The van der Waals surface area contributed by atoms with Gasteiger partial charge in [-0.25, -0.2) is 4.39 Å². The second kappa shape index (κ2) is 8.97. The summed E-state index contributed by atoms with van der Waals surface area (Å²) >= 11 is 6.00. The number of halogens is 2. The highest BCUT2D eigenvalue weighted by Crippen LogP contribution is 2.20. The van der Waals surface area contributed by atoms with Gasteiger partial charge in [0.25, 0.3) is 0 Å². The molecule has 0 aliphatic heterocycles. The molecular formula is C21H21ClFN3O2. The third-order valence-corrected chi connectivity index (χ3v) is 4.56. The molecule has 1 aromatic heterocycles. The molecule has 28 heavy (non-hydrogen) atoms. The lowest BCUT2D eigenvalue weighted by atomic mass is 10.1. The van der Waals surface area contributed by atoms with Crippen molar-refractivity contribution in [2.45, 2.75) is 32.7 Å². The quantitative estimate of drug-likeness (QED) is 0.582. The Labute approximate surface area is 168 Å². The molecule has 1 amide bonds. The van der Waals surface area contributed by atoms with Crippen LogP contribution >= 0.6 is 11.6 Å². The summed E-state index contributed by atoms with van der Waals surface area (Å²) in [7, 11) is 0. The molecule has 0 aliphatic rings. The molecule has 5 nitrogen and oxygen atoms in total. The minimum atomic E-state index is -0.316. The van der Waals surface area contributed by atoms with Gasteiger partial charge in [-0.3, -0.25) is 4.79 Å². The Morgan fingerprint density at radius 3 is 2.64 bits per heavy atom. The SMILES string of the molecule is CC(C)N(CCc1nc(-c2cccc(Cl)c2)no1)C(=O)Cc1ccc(F)cc1. The van der Waals surface area contributed by atoms with Crippen molar-refractivity contribution in [2.75, 3.05) is 6.54 Å². The molecule has 0 saturated carbocycles. The Morgan fingerprint density at radius 1 is 1.21 bits per heavy atom. The van der Waals surface area contributed by atoms with Crippen LogP contribution in [0, 0.1) is 5.82 Å². The minimum absolute atomic E-state index is 0.0169. The van der Waals surface area contributed by atoms with Crippen molar-refractivity contribution < 1.29 is 13.7 Å². The highest BCUT2D eigenvalue weighted by atomic mass is 35.5. The number of rotatable bonds is 7. The molecule has 0 fully saturated rings. The van der Waals surface area contributed by atoms with Gasteiger partial charge in [0.1, 0.15) is 5.82 Å². The number of benzene rings is 2. The standard InChI is InChI=1S/C21H21ClFN3O2/c1-14(2)26(20(27)12-15-6-8-18(23)9-7-15)11-10-19-24-21(25-28-19)16-4-3-5-17(22)13-16/h3-9,13-14H,10-12H2,1-2H3. The van der Waals surface area contributed by atoms with E-state index in [-0.39, 0.29) is 24.2 Å². The monoisotopic (exact) mass is 401 g/mol. The number of hydrogen-bond acceptors (Lipinski definition) is 4. The van der Waals surface area contributed by atoms with Gasteiger partial charge in [-0.1, -0.05) is 41.0 Å². The summed E-state index contributed by atoms with van der Waals surface area (Å²) in [6.45, 7) is 4.36. The maximum atomic E-state index is 13.0. The first-order valence-corrected chi connectivity index (χ1v) is 9.42. The van der Waals surface area contributed by atoms with Crippen LogP contribution in [0.2, 0.25) is 5.02 Å². The van der Waals surface area contributed by atoms with Gasteiger partial charge in [-0.15, -0.1) is 0 Å². The van der Waals surface area contributed by atoms with Crippen LogP contribution in [0.3, 0.4) is 0 Å². The van der Waals surface area contributed by atoms with E-state index in [9.17, 15) is 9.18 Å². The number of amides is 1. The van der Waals surface area contributed by atoms with Gasteiger partial charge in [0.15, 0.2) is 0 Å². The van der Waals surface area contributed by atoms with Crippen molar-refractivity contribution in [3.8, 4) is 11.4 Å². The molecule has 0 N–H and O–H groups in total. The fourth-order valence-corrected chi connectivity index (χ4v) is 3.06. The van der Waals surface area contributed by atoms with E-state index >= 15 is 0 Å². The lowest BCUT2D eigenvalue weighted by Crippen LogP contribution is -2.39. The molecule has 3 rings (SSSR count). The number of carbonyl (C=O) groups is 1. The highest BCUT2D eigenvalue weighted by molar-refractivity contribution is 6.30. The molecule has 0 aliphatic carbocycles. The van der Waals surface area contributed by atoms with Crippen molar-refractivity contribution in [2.24, 2.45) is 0 Å². The van der Waals surface area contributed by atoms with Crippen LogP contribution in [0.1, 0.15) is 25.3 Å². The summed E-state index contributed by atoms with van der Waals surface area (Å²) in [5.74, 6) is 0.571. The normalized spacial score (nSPS) is 11.0. The molecule has 0 saturated heterocycles. The number of nitrogens with zero attached hydrogens (tertiary/aromatic N) is 3. The van der Waals surface area contributed by atoms with E-state index in [4.69, 9.17) is 16.1 Å². The molecular weight excluding hydrogens is 381 g/mol. The molecule has 3 aromatic rings. The van der Waals surface area contributed by atoms with Gasteiger partial charge in [0.05, 0.1) is 6.42 Å². The summed E-state index contributed by atoms with van der Waals surface area (Å²) < 4.78 is 18.4. The van der Waals surface area contributed by atoms with Crippen molar-refractivity contribution in [1.29, 1.82) is 0 Å². The lowest BCUT2D eigenvalue weighted by molar-refractivity contribution is -0.132. The van der Waals surface area contributed by atoms with Crippen molar-refractivity contribution in [3.63, 3.8) is 0 Å². The van der Waals surface area contributed by atoms with E-state index in [2.05, 4.69) is 10.1 Å². The average molecular weight is 402 g/mol. The van der Waals surface area contributed by atoms with Crippen LogP contribution in [-0.2, 0) is 17.6 Å². The van der Waals surface area contributed by atoms with Crippen LogP contribution in [0.5, 0.6) is 0 Å². The van der Waals surface area contributed by atoms with Crippen molar-refractivity contribution in [3.05, 3.63) is 70.8 Å². The summed E-state index contributed by atoms with van der Waals surface area (Å²) in [5, 5.41) is 4.59. The second-order valence-electron chi connectivity index (χ2n) is 6.76. The molecule has 7 heteroatoms. The fourth-order valence-electron chi connectivity index (χ4n) is 2.87. The summed E-state index contributed by atoms with van der Waals surface area (Å²) in [6.07, 6.45) is 0.664. The van der Waals surface area contributed by atoms with Gasteiger partial charge in [-0.05, 0) is 43.7 Å². The predicted molar refractivity (Wildman–Crippen MR) is 105 cm³/mol. The number of carbonyl (C=O) groups excluding carboxylic acids is 1. The molecule has 0 unspecified atom stereocenters. The first-order valence-electron chi connectivity index (χ1n) is 9.05. The van der Waals surface area contributed by atoms with Gasteiger partial charge in [-0.2, -0.15) is 4.98 Å². The van der Waals surface area contributed by atoms with Crippen LogP contribution in [-0.4, -0.2) is 33.5 Å². The number of aromatic nitrogens is 2. The average Bonchev–Trinajstić information content (AvgIpc) is 3.12. The van der Waals surface area contributed by atoms with E-state index < -0.39 is 0 Å². The summed E-state index contributed by atoms with van der Waals surface area (Å²) in [6, 6.07) is 13.2. The molecule has 2 aromatic carbocycles. The second-order valence-corrected chi connectivity index (χ2v) is 7.19. The number of hydrogen-bond donors (Lipinski definition) is 0. The van der Waals surface area contributed by atoms with Crippen LogP contribution in [0.4, 0.5) is 4.39 Å². The van der Waals surface area contributed by atoms with E-state index in [1.807, 2.05) is 26.0 Å². The highest BCUT2D eigenvalue weighted by Gasteiger charge is 2.19. The van der Waals surface area contributed by atoms with Crippen molar-refractivity contribution >= 4 is 17.5 Å². The summed E-state index contributed by atoms with van der Waals surface area (Å²) in [5.41, 5.74) is 1.55. The van der Waals surface area contributed by atoms with Crippen molar-refractivity contribution in [1.82, 2.24) is 15.0 Å². The largest absolute Gasteiger partial charge is 0.339 e. The maximum Gasteiger partial charge on any atom is 0.228 e. The minimum Gasteiger partial charge on any atom is -0.339 e. The van der Waals surface area contributed by atoms with E-state index in [1.165, 1.54) is 12.1 Å². The lowest BCUT2D eigenvalue weighted by Gasteiger charge is -2.26. The fraction of sp³-hybridized carbons (Fsp3) is 0.286. The zero-order chi connectivity index (χ0) is 20.1. The molecule has 0 spiro atoms. The Kier molecular flexibility index (Phi) is 6.41. The van der Waals surface area contributed by atoms with Crippen LogP contribution in [0.25, 0.3) is 11.4 Å². The van der Waals surface area contributed by atoms with Gasteiger partial charge in [0, 0.05) is 29.6 Å². The third-order valence-electron chi connectivity index (χ3n) is 4.33.